The van der Waals surface area contributed by atoms with Crippen LogP contribution in [0.15, 0.2) is 18.2 Å². The summed E-state index contributed by atoms with van der Waals surface area (Å²) < 4.78 is 15.9. The van der Waals surface area contributed by atoms with Gasteiger partial charge in [0.15, 0.2) is 0 Å². The fraction of sp³-hybridized carbons (Fsp3) is 0.600. The highest BCUT2D eigenvalue weighted by Crippen LogP contribution is 2.23. The molecule has 0 radical (unpaired) electrons. The van der Waals surface area contributed by atoms with Crippen LogP contribution in [0.4, 0.5) is 0 Å². The molecule has 1 aromatic rings. The van der Waals surface area contributed by atoms with Crippen molar-refractivity contribution in [3.63, 3.8) is 0 Å². The average Bonchev–Trinajstić information content (AvgIpc) is 3.26. The molecule has 1 saturated carbocycles. The molecule has 1 aliphatic carbocycles. The number of methoxy groups -OCH3 is 2. The van der Waals surface area contributed by atoms with Crippen molar-refractivity contribution in [1.82, 2.24) is 5.32 Å². The Morgan fingerprint density at radius 1 is 1.21 bits per heavy atom. The van der Waals surface area contributed by atoms with Crippen LogP contribution < -0.4 is 10.1 Å². The van der Waals surface area contributed by atoms with Crippen LogP contribution in [0.1, 0.15) is 24.0 Å². The molecule has 0 aromatic heterocycles. The van der Waals surface area contributed by atoms with E-state index in [-0.39, 0.29) is 0 Å². The molecular weight excluding hydrogens is 242 g/mol. The van der Waals surface area contributed by atoms with Gasteiger partial charge >= 0.3 is 0 Å². The van der Waals surface area contributed by atoms with E-state index in [2.05, 4.69) is 17.4 Å². The highest BCUT2D eigenvalue weighted by atomic mass is 16.5. The second-order valence-electron chi connectivity index (χ2n) is 4.85. The van der Waals surface area contributed by atoms with Gasteiger partial charge in [-0.1, -0.05) is 6.07 Å². The molecule has 1 fully saturated rings. The molecule has 106 valence electrons. The minimum atomic E-state index is 0.559. The van der Waals surface area contributed by atoms with Gasteiger partial charge in [0.05, 0.1) is 26.9 Å². The van der Waals surface area contributed by atoms with Crippen molar-refractivity contribution in [1.29, 1.82) is 0 Å². The molecule has 19 heavy (non-hydrogen) atoms. The highest BCUT2D eigenvalue weighted by molar-refractivity contribution is 5.37. The summed E-state index contributed by atoms with van der Waals surface area (Å²) in [6, 6.07) is 7.00. The first-order valence-corrected chi connectivity index (χ1v) is 6.79. The third-order valence-electron chi connectivity index (χ3n) is 3.21. The van der Waals surface area contributed by atoms with E-state index in [1.54, 1.807) is 14.2 Å². The highest BCUT2D eigenvalue weighted by Gasteiger charge is 2.20. The van der Waals surface area contributed by atoms with Crippen molar-refractivity contribution in [2.24, 2.45) is 0 Å². The van der Waals surface area contributed by atoms with E-state index in [9.17, 15) is 0 Å². The maximum absolute atomic E-state index is 5.57. The molecule has 0 heterocycles. The Morgan fingerprint density at radius 2 is 2.05 bits per heavy atom. The molecule has 0 spiro atoms. The molecule has 0 atom stereocenters. The van der Waals surface area contributed by atoms with Gasteiger partial charge in [-0.3, -0.25) is 0 Å². The number of hydrogen-bond donors (Lipinski definition) is 1. The first-order valence-electron chi connectivity index (χ1n) is 6.79. The SMILES string of the molecule is COCCOCc1cc(CNC2CC2)ccc1OC. The topological polar surface area (TPSA) is 39.7 Å². The van der Waals surface area contributed by atoms with Crippen LogP contribution in [0.5, 0.6) is 5.75 Å². The van der Waals surface area contributed by atoms with Gasteiger partial charge in [0, 0.05) is 25.3 Å². The van der Waals surface area contributed by atoms with Crippen LogP contribution >= 0.6 is 0 Å². The Bertz CT molecular complexity index is 391. The largest absolute Gasteiger partial charge is 0.496 e. The standard InChI is InChI=1S/C15H23NO3/c1-17-7-8-19-11-13-9-12(3-6-15(13)18-2)10-16-14-4-5-14/h3,6,9,14,16H,4-5,7-8,10-11H2,1-2H3. The second kappa shape index (κ2) is 7.48. The minimum Gasteiger partial charge on any atom is -0.496 e. The minimum absolute atomic E-state index is 0.559. The van der Waals surface area contributed by atoms with E-state index >= 15 is 0 Å². The van der Waals surface area contributed by atoms with Crippen molar-refractivity contribution < 1.29 is 14.2 Å². The van der Waals surface area contributed by atoms with Crippen molar-refractivity contribution in [2.45, 2.75) is 32.0 Å². The second-order valence-corrected chi connectivity index (χ2v) is 4.85. The van der Waals surface area contributed by atoms with Gasteiger partial charge in [-0.2, -0.15) is 0 Å². The quantitative estimate of drug-likeness (QED) is 0.694. The number of ether oxygens (including phenoxy) is 3. The Morgan fingerprint density at radius 3 is 2.74 bits per heavy atom. The van der Waals surface area contributed by atoms with Gasteiger partial charge in [-0.25, -0.2) is 0 Å². The van der Waals surface area contributed by atoms with Crippen LogP contribution in [0.25, 0.3) is 0 Å². The summed E-state index contributed by atoms with van der Waals surface area (Å²) in [6.07, 6.45) is 2.62. The smallest absolute Gasteiger partial charge is 0.124 e. The number of hydrogen-bond acceptors (Lipinski definition) is 4. The van der Waals surface area contributed by atoms with Gasteiger partial charge in [-0.15, -0.1) is 0 Å². The Balaban J connectivity index is 1.90. The summed E-state index contributed by atoms with van der Waals surface area (Å²) >= 11 is 0. The molecule has 4 heteroatoms. The van der Waals surface area contributed by atoms with Crippen molar-refractivity contribution in [3.8, 4) is 5.75 Å². The lowest BCUT2D eigenvalue weighted by atomic mass is 10.1. The molecule has 1 aromatic carbocycles. The van der Waals surface area contributed by atoms with Crippen molar-refractivity contribution in [2.75, 3.05) is 27.4 Å². The number of benzene rings is 1. The van der Waals surface area contributed by atoms with Gasteiger partial charge in [0.2, 0.25) is 0 Å². The van der Waals surface area contributed by atoms with E-state index in [1.165, 1.54) is 18.4 Å². The van der Waals surface area contributed by atoms with Crippen molar-refractivity contribution >= 4 is 0 Å². The van der Waals surface area contributed by atoms with Crippen LogP contribution in [-0.2, 0) is 22.6 Å². The van der Waals surface area contributed by atoms with Gasteiger partial charge in [0.25, 0.3) is 0 Å². The number of nitrogens with one attached hydrogen (secondary N) is 1. The zero-order chi connectivity index (χ0) is 13.5. The summed E-state index contributed by atoms with van der Waals surface area (Å²) in [6.45, 7) is 2.69. The lowest BCUT2D eigenvalue weighted by Crippen LogP contribution is -2.15. The Labute approximate surface area is 115 Å². The van der Waals surface area contributed by atoms with Gasteiger partial charge in [-0.05, 0) is 30.5 Å². The zero-order valence-electron chi connectivity index (χ0n) is 11.8. The van der Waals surface area contributed by atoms with Gasteiger partial charge in [0.1, 0.15) is 5.75 Å². The van der Waals surface area contributed by atoms with Crippen LogP contribution in [-0.4, -0.2) is 33.5 Å². The third kappa shape index (κ3) is 4.82. The first-order chi connectivity index (χ1) is 9.33. The lowest BCUT2D eigenvalue weighted by molar-refractivity contribution is 0.0607. The summed E-state index contributed by atoms with van der Waals surface area (Å²) in [7, 11) is 3.37. The third-order valence-corrected chi connectivity index (χ3v) is 3.21. The Hall–Kier alpha value is -1.10. The van der Waals surface area contributed by atoms with E-state index < -0.39 is 0 Å². The maximum Gasteiger partial charge on any atom is 0.124 e. The van der Waals surface area contributed by atoms with Crippen LogP contribution in [0, 0.1) is 0 Å². The zero-order valence-corrected chi connectivity index (χ0v) is 11.8. The van der Waals surface area contributed by atoms with E-state index in [1.807, 2.05) is 6.07 Å². The molecule has 0 saturated heterocycles. The fourth-order valence-electron chi connectivity index (χ4n) is 1.93. The molecule has 2 rings (SSSR count). The van der Waals surface area contributed by atoms with E-state index in [0.717, 1.165) is 23.9 Å². The lowest BCUT2D eigenvalue weighted by Gasteiger charge is -2.12. The summed E-state index contributed by atoms with van der Waals surface area (Å²) in [5.74, 6) is 0.882. The molecule has 0 bridgehead atoms. The summed E-state index contributed by atoms with van der Waals surface area (Å²) in [4.78, 5) is 0. The molecule has 4 nitrogen and oxygen atoms in total. The molecule has 0 unspecified atom stereocenters. The first kappa shape index (κ1) is 14.3. The van der Waals surface area contributed by atoms with Gasteiger partial charge < -0.3 is 19.5 Å². The van der Waals surface area contributed by atoms with E-state index in [4.69, 9.17) is 14.2 Å². The fourth-order valence-corrected chi connectivity index (χ4v) is 1.93. The normalized spacial score (nSPS) is 14.6. The summed E-state index contributed by atoms with van der Waals surface area (Å²) in [5, 5.41) is 3.51. The summed E-state index contributed by atoms with van der Waals surface area (Å²) in [5.41, 5.74) is 2.37. The average molecular weight is 265 g/mol. The molecule has 0 aliphatic heterocycles. The molecule has 1 N–H and O–H groups in total. The predicted octanol–water partition coefficient (Wildman–Crippen LogP) is 2.11. The van der Waals surface area contributed by atoms with E-state index in [0.29, 0.717) is 19.8 Å². The molecule has 0 amide bonds. The maximum atomic E-state index is 5.57. The monoisotopic (exact) mass is 265 g/mol. The van der Waals surface area contributed by atoms with Crippen LogP contribution in [0.3, 0.4) is 0 Å². The number of rotatable bonds is 9. The predicted molar refractivity (Wildman–Crippen MR) is 74.4 cm³/mol. The molecule has 1 aliphatic rings. The van der Waals surface area contributed by atoms with Crippen LogP contribution in [0.2, 0.25) is 0 Å². The Kier molecular flexibility index (Phi) is 5.63. The van der Waals surface area contributed by atoms with Crippen molar-refractivity contribution in [3.05, 3.63) is 29.3 Å². The molecular formula is C15H23NO3.